The Kier molecular flexibility index (Phi) is 3.32. The number of amides is 1. The highest BCUT2D eigenvalue weighted by atomic mass is 16.4. The van der Waals surface area contributed by atoms with Gasteiger partial charge in [-0.1, -0.05) is 5.21 Å². The molecule has 0 saturated carbocycles. The Balaban J connectivity index is 1.97. The maximum atomic E-state index is 12.4. The Morgan fingerprint density at radius 1 is 1.29 bits per heavy atom. The van der Waals surface area contributed by atoms with E-state index in [0.717, 1.165) is 25.9 Å². The molecule has 7 nitrogen and oxygen atoms in total. The number of nitrogens with zero attached hydrogens (tertiary/aromatic N) is 4. The van der Waals surface area contributed by atoms with Gasteiger partial charge in [-0.25, -0.2) is 9.48 Å². The van der Waals surface area contributed by atoms with Crippen molar-refractivity contribution in [2.45, 2.75) is 25.8 Å². The number of benzene rings is 1. The molecule has 1 N–H and O–H groups in total. The number of hydrogen-bond acceptors (Lipinski definition) is 4. The van der Waals surface area contributed by atoms with E-state index in [-0.39, 0.29) is 11.5 Å². The molecule has 1 atom stereocenters. The van der Waals surface area contributed by atoms with E-state index in [1.165, 1.54) is 16.8 Å². The molecule has 2 aromatic rings. The number of aromatic nitrogens is 3. The van der Waals surface area contributed by atoms with Crippen molar-refractivity contribution in [2.75, 3.05) is 13.1 Å². The molecular weight excluding hydrogens is 272 g/mol. The molecule has 1 aliphatic heterocycles. The molecule has 0 bridgehead atoms. The predicted octanol–water partition coefficient (Wildman–Crippen LogP) is 1.31. The molecule has 2 heterocycles. The summed E-state index contributed by atoms with van der Waals surface area (Å²) in [6.07, 6.45) is 2.06. The first-order chi connectivity index (χ1) is 10.1. The van der Waals surface area contributed by atoms with Crippen molar-refractivity contribution < 1.29 is 14.7 Å². The average molecular weight is 288 g/mol. The van der Waals surface area contributed by atoms with Crippen molar-refractivity contribution in [2.24, 2.45) is 0 Å². The lowest BCUT2D eigenvalue weighted by atomic mass is 10.2. The highest BCUT2D eigenvalue weighted by Crippen LogP contribution is 2.20. The Bertz CT molecular complexity index is 703. The zero-order valence-corrected chi connectivity index (χ0v) is 11.7. The largest absolute Gasteiger partial charge is 0.478 e. The Morgan fingerprint density at radius 3 is 2.67 bits per heavy atom. The lowest BCUT2D eigenvalue weighted by molar-refractivity contribution is -0.133. The van der Waals surface area contributed by atoms with Crippen molar-refractivity contribution in [1.29, 1.82) is 0 Å². The molecule has 1 aromatic carbocycles. The quantitative estimate of drug-likeness (QED) is 0.920. The van der Waals surface area contributed by atoms with Crippen LogP contribution in [0.25, 0.3) is 11.0 Å². The minimum absolute atomic E-state index is 0.0000260. The molecule has 1 saturated heterocycles. The zero-order chi connectivity index (χ0) is 15.0. The fourth-order valence-electron chi connectivity index (χ4n) is 2.66. The highest BCUT2D eigenvalue weighted by molar-refractivity contribution is 5.92. The Labute approximate surface area is 121 Å². The second kappa shape index (κ2) is 5.16. The van der Waals surface area contributed by atoms with E-state index in [1.807, 2.05) is 4.90 Å². The molecule has 1 fully saturated rings. The molecule has 7 heteroatoms. The summed E-state index contributed by atoms with van der Waals surface area (Å²) >= 11 is 0. The van der Waals surface area contributed by atoms with Gasteiger partial charge in [-0.15, -0.1) is 5.10 Å². The summed E-state index contributed by atoms with van der Waals surface area (Å²) in [4.78, 5) is 25.3. The SMILES string of the molecule is CC(C(=O)N1CCCC1)n1nnc2ccc(C(=O)O)cc21. The topological polar surface area (TPSA) is 88.3 Å². The van der Waals surface area contributed by atoms with Gasteiger partial charge in [0.25, 0.3) is 0 Å². The number of carbonyl (C=O) groups is 2. The molecule has 0 spiro atoms. The number of hydrogen-bond donors (Lipinski definition) is 1. The second-order valence-electron chi connectivity index (χ2n) is 5.25. The van der Waals surface area contributed by atoms with Crippen LogP contribution < -0.4 is 0 Å². The lowest BCUT2D eigenvalue weighted by Crippen LogP contribution is -2.34. The second-order valence-corrected chi connectivity index (χ2v) is 5.25. The van der Waals surface area contributed by atoms with Crippen LogP contribution in [0.2, 0.25) is 0 Å². The van der Waals surface area contributed by atoms with Crippen LogP contribution in [0.1, 0.15) is 36.2 Å². The van der Waals surface area contributed by atoms with Crippen LogP contribution in [-0.2, 0) is 4.79 Å². The summed E-state index contributed by atoms with van der Waals surface area (Å²) in [7, 11) is 0. The van der Waals surface area contributed by atoms with Crippen LogP contribution in [0.15, 0.2) is 18.2 Å². The zero-order valence-electron chi connectivity index (χ0n) is 11.7. The van der Waals surface area contributed by atoms with Crippen LogP contribution in [0.5, 0.6) is 0 Å². The third-order valence-electron chi connectivity index (χ3n) is 3.86. The lowest BCUT2D eigenvalue weighted by Gasteiger charge is -2.20. The molecule has 21 heavy (non-hydrogen) atoms. The highest BCUT2D eigenvalue weighted by Gasteiger charge is 2.26. The molecular formula is C14H16N4O3. The van der Waals surface area contributed by atoms with Gasteiger partial charge >= 0.3 is 5.97 Å². The van der Waals surface area contributed by atoms with Gasteiger partial charge in [0.05, 0.1) is 11.1 Å². The van der Waals surface area contributed by atoms with Crippen LogP contribution in [0, 0.1) is 0 Å². The molecule has 1 aromatic heterocycles. The molecule has 0 aliphatic carbocycles. The number of carboxylic acid groups (broad SMARTS) is 1. The Hall–Kier alpha value is -2.44. The number of aromatic carboxylic acids is 1. The number of carbonyl (C=O) groups excluding carboxylic acids is 1. The van der Waals surface area contributed by atoms with E-state index in [2.05, 4.69) is 10.3 Å². The van der Waals surface area contributed by atoms with E-state index in [4.69, 9.17) is 5.11 Å². The van der Waals surface area contributed by atoms with Gasteiger partial charge in [0.1, 0.15) is 11.6 Å². The minimum Gasteiger partial charge on any atom is -0.478 e. The van der Waals surface area contributed by atoms with Gasteiger partial charge in [-0.3, -0.25) is 4.79 Å². The van der Waals surface area contributed by atoms with Crippen molar-refractivity contribution in [3.05, 3.63) is 23.8 Å². The summed E-state index contributed by atoms with van der Waals surface area (Å²) in [6, 6.07) is 4.11. The maximum Gasteiger partial charge on any atom is 0.335 e. The van der Waals surface area contributed by atoms with Crippen LogP contribution >= 0.6 is 0 Å². The van der Waals surface area contributed by atoms with Crippen molar-refractivity contribution in [1.82, 2.24) is 19.9 Å². The first-order valence-electron chi connectivity index (χ1n) is 6.95. The van der Waals surface area contributed by atoms with Gasteiger partial charge < -0.3 is 10.0 Å². The van der Waals surface area contributed by atoms with Gasteiger partial charge in [-0.2, -0.15) is 0 Å². The van der Waals surface area contributed by atoms with Gasteiger partial charge in [0, 0.05) is 13.1 Å². The van der Waals surface area contributed by atoms with Crippen LogP contribution in [-0.4, -0.2) is 50.0 Å². The van der Waals surface area contributed by atoms with E-state index < -0.39 is 12.0 Å². The van der Waals surface area contributed by atoms with Crippen LogP contribution in [0.4, 0.5) is 0 Å². The average Bonchev–Trinajstić information content (AvgIpc) is 3.14. The number of likely N-dealkylation sites (tertiary alicyclic amines) is 1. The summed E-state index contributed by atoms with van der Waals surface area (Å²) in [5.74, 6) is -1.01. The first kappa shape index (κ1) is 13.5. The van der Waals surface area contributed by atoms with Crippen molar-refractivity contribution in [3.63, 3.8) is 0 Å². The number of rotatable bonds is 3. The summed E-state index contributed by atoms with van der Waals surface area (Å²) in [6.45, 7) is 3.31. The fourth-order valence-corrected chi connectivity index (χ4v) is 2.66. The van der Waals surface area contributed by atoms with E-state index in [9.17, 15) is 9.59 Å². The van der Waals surface area contributed by atoms with Gasteiger partial charge in [0.2, 0.25) is 5.91 Å². The van der Waals surface area contributed by atoms with E-state index in [0.29, 0.717) is 11.0 Å². The summed E-state index contributed by atoms with van der Waals surface area (Å²) < 4.78 is 1.50. The summed E-state index contributed by atoms with van der Waals surface area (Å²) in [5.41, 5.74) is 1.31. The monoisotopic (exact) mass is 288 g/mol. The standard InChI is InChI=1S/C14H16N4O3/c1-9(13(19)17-6-2-3-7-17)18-12-8-10(14(20)21)4-5-11(12)15-16-18/h4-5,8-9H,2-3,6-7H2,1H3,(H,20,21). The van der Waals surface area contributed by atoms with Gasteiger partial charge in [-0.05, 0) is 38.0 Å². The minimum atomic E-state index is -1.01. The van der Waals surface area contributed by atoms with E-state index >= 15 is 0 Å². The third-order valence-corrected chi connectivity index (χ3v) is 3.86. The van der Waals surface area contributed by atoms with Crippen LogP contribution in [0.3, 0.4) is 0 Å². The fraction of sp³-hybridized carbons (Fsp3) is 0.429. The maximum absolute atomic E-state index is 12.4. The van der Waals surface area contributed by atoms with Crippen molar-refractivity contribution in [3.8, 4) is 0 Å². The molecule has 3 rings (SSSR count). The van der Waals surface area contributed by atoms with Crippen molar-refractivity contribution >= 4 is 22.9 Å². The normalized spacial score (nSPS) is 16.3. The van der Waals surface area contributed by atoms with Gasteiger partial charge in [0.15, 0.2) is 0 Å². The third kappa shape index (κ3) is 2.35. The molecule has 1 aliphatic rings. The number of carboxylic acids is 1. The smallest absolute Gasteiger partial charge is 0.335 e. The number of fused-ring (bicyclic) bond motifs is 1. The molecule has 1 amide bonds. The Morgan fingerprint density at radius 2 is 2.00 bits per heavy atom. The molecule has 1 unspecified atom stereocenters. The predicted molar refractivity (Wildman–Crippen MR) is 75.0 cm³/mol. The molecule has 0 radical (unpaired) electrons. The molecule has 110 valence electrons. The summed E-state index contributed by atoms with van der Waals surface area (Å²) in [5, 5.41) is 17.1. The first-order valence-corrected chi connectivity index (χ1v) is 6.95. The van der Waals surface area contributed by atoms with E-state index in [1.54, 1.807) is 13.0 Å².